The van der Waals surface area contributed by atoms with Gasteiger partial charge in [0.1, 0.15) is 11.3 Å². The highest BCUT2D eigenvalue weighted by atomic mass is 35.5. The van der Waals surface area contributed by atoms with Crippen LogP contribution in [0.25, 0.3) is 0 Å². The summed E-state index contributed by atoms with van der Waals surface area (Å²) in [4.78, 5) is 11.8. The van der Waals surface area contributed by atoms with Crippen LogP contribution in [0.1, 0.15) is 12.0 Å². The van der Waals surface area contributed by atoms with Crippen LogP contribution < -0.4 is 10.1 Å². The molecule has 0 bridgehead atoms. The number of rotatable bonds is 4. The molecule has 1 fully saturated rings. The van der Waals surface area contributed by atoms with Crippen LogP contribution in [0.5, 0.6) is 5.75 Å². The van der Waals surface area contributed by atoms with E-state index in [4.69, 9.17) is 9.47 Å². The Balaban J connectivity index is 0.00000162. The fourth-order valence-corrected chi connectivity index (χ4v) is 2.15. The number of benzene rings is 1. The molecule has 1 aromatic carbocycles. The molecule has 0 radical (unpaired) electrons. The lowest BCUT2D eigenvalue weighted by Crippen LogP contribution is -2.64. The largest absolute Gasteiger partial charge is 0.497 e. The fourth-order valence-electron chi connectivity index (χ4n) is 2.15. The van der Waals surface area contributed by atoms with Gasteiger partial charge in [-0.3, -0.25) is 4.79 Å². The first-order chi connectivity index (χ1) is 8.20. The number of ether oxygens (including phenoxy) is 2. The summed E-state index contributed by atoms with van der Waals surface area (Å²) < 4.78 is 10.0. The summed E-state index contributed by atoms with van der Waals surface area (Å²) >= 11 is 0. The molecule has 100 valence electrons. The number of nitrogens with one attached hydrogen (secondary N) is 1. The van der Waals surface area contributed by atoms with Crippen molar-refractivity contribution in [2.75, 3.05) is 20.8 Å². The molecular formula is C13H18ClNO3. The topological polar surface area (TPSA) is 47.6 Å². The van der Waals surface area contributed by atoms with Gasteiger partial charge in [-0.05, 0) is 30.7 Å². The van der Waals surface area contributed by atoms with Gasteiger partial charge in [0.15, 0.2) is 0 Å². The standard InChI is InChI=1S/C13H17NO3.ClH/c1-16-11-5-3-4-10(8-11)9-13(6-7-14-13)12(15)17-2;/h3-5,8,14H,6-7,9H2,1-2H3;1H. The number of methoxy groups -OCH3 is 2. The number of esters is 1. The van der Waals surface area contributed by atoms with E-state index in [9.17, 15) is 4.79 Å². The molecule has 1 N–H and O–H groups in total. The first kappa shape index (κ1) is 14.8. The van der Waals surface area contributed by atoms with Gasteiger partial charge >= 0.3 is 5.97 Å². The maximum Gasteiger partial charge on any atom is 0.326 e. The quantitative estimate of drug-likeness (QED) is 0.845. The van der Waals surface area contributed by atoms with E-state index in [2.05, 4.69) is 5.32 Å². The Morgan fingerprint density at radius 1 is 1.44 bits per heavy atom. The van der Waals surface area contributed by atoms with Crippen molar-refractivity contribution in [3.63, 3.8) is 0 Å². The van der Waals surface area contributed by atoms with E-state index in [-0.39, 0.29) is 18.4 Å². The molecule has 1 atom stereocenters. The van der Waals surface area contributed by atoms with E-state index < -0.39 is 5.54 Å². The molecule has 1 aromatic rings. The van der Waals surface area contributed by atoms with E-state index >= 15 is 0 Å². The molecule has 0 amide bonds. The van der Waals surface area contributed by atoms with Gasteiger partial charge in [0, 0.05) is 6.42 Å². The molecule has 2 rings (SSSR count). The second kappa shape index (κ2) is 6.07. The van der Waals surface area contributed by atoms with Crippen molar-refractivity contribution in [3.8, 4) is 5.75 Å². The summed E-state index contributed by atoms with van der Waals surface area (Å²) in [5.74, 6) is 0.619. The highest BCUT2D eigenvalue weighted by Gasteiger charge is 2.44. The third-order valence-corrected chi connectivity index (χ3v) is 3.23. The lowest BCUT2D eigenvalue weighted by molar-refractivity contribution is -0.152. The Labute approximate surface area is 113 Å². The highest BCUT2D eigenvalue weighted by molar-refractivity contribution is 5.85. The zero-order valence-corrected chi connectivity index (χ0v) is 11.4. The number of carbonyl (C=O) groups is 1. The van der Waals surface area contributed by atoms with Crippen molar-refractivity contribution in [1.82, 2.24) is 5.32 Å². The van der Waals surface area contributed by atoms with E-state index in [1.807, 2.05) is 24.3 Å². The minimum absolute atomic E-state index is 0. The Kier molecular flexibility index (Phi) is 4.99. The first-order valence-corrected chi connectivity index (χ1v) is 5.66. The average molecular weight is 272 g/mol. The van der Waals surface area contributed by atoms with Crippen LogP contribution in [0.4, 0.5) is 0 Å². The van der Waals surface area contributed by atoms with E-state index in [1.165, 1.54) is 7.11 Å². The molecule has 4 nitrogen and oxygen atoms in total. The molecular weight excluding hydrogens is 254 g/mol. The predicted molar refractivity (Wildman–Crippen MR) is 71.3 cm³/mol. The van der Waals surface area contributed by atoms with Gasteiger partial charge in [0.25, 0.3) is 0 Å². The fraction of sp³-hybridized carbons (Fsp3) is 0.462. The van der Waals surface area contributed by atoms with Crippen molar-refractivity contribution < 1.29 is 14.3 Å². The minimum atomic E-state index is -0.541. The van der Waals surface area contributed by atoms with Crippen LogP contribution in [0.15, 0.2) is 24.3 Å². The van der Waals surface area contributed by atoms with Crippen LogP contribution in [0.2, 0.25) is 0 Å². The van der Waals surface area contributed by atoms with E-state index in [0.29, 0.717) is 6.42 Å². The normalized spacial score (nSPS) is 21.4. The molecule has 1 heterocycles. The maximum absolute atomic E-state index is 11.8. The second-order valence-electron chi connectivity index (χ2n) is 4.28. The van der Waals surface area contributed by atoms with E-state index in [0.717, 1.165) is 24.3 Å². The van der Waals surface area contributed by atoms with E-state index in [1.54, 1.807) is 7.11 Å². The van der Waals surface area contributed by atoms with Gasteiger partial charge in [-0.2, -0.15) is 0 Å². The molecule has 5 heteroatoms. The van der Waals surface area contributed by atoms with Crippen LogP contribution in [-0.2, 0) is 16.0 Å². The van der Waals surface area contributed by atoms with Crippen molar-refractivity contribution >= 4 is 18.4 Å². The number of hydrogen-bond donors (Lipinski definition) is 1. The summed E-state index contributed by atoms with van der Waals surface area (Å²) in [7, 11) is 3.06. The van der Waals surface area contributed by atoms with Gasteiger partial charge in [-0.25, -0.2) is 0 Å². The summed E-state index contributed by atoms with van der Waals surface area (Å²) in [6, 6.07) is 7.76. The van der Waals surface area contributed by atoms with Crippen LogP contribution in [0, 0.1) is 0 Å². The SMILES string of the molecule is COC(=O)C1(Cc2cccc(OC)c2)CCN1.Cl. The van der Waals surface area contributed by atoms with Crippen molar-refractivity contribution in [1.29, 1.82) is 0 Å². The Hall–Kier alpha value is -1.26. The van der Waals surface area contributed by atoms with Crippen molar-refractivity contribution in [3.05, 3.63) is 29.8 Å². The molecule has 0 aliphatic carbocycles. The minimum Gasteiger partial charge on any atom is -0.497 e. The monoisotopic (exact) mass is 271 g/mol. The predicted octanol–water partition coefficient (Wildman–Crippen LogP) is 1.56. The molecule has 0 saturated carbocycles. The van der Waals surface area contributed by atoms with Gasteiger partial charge in [0.2, 0.25) is 0 Å². The zero-order chi connectivity index (χ0) is 12.3. The third-order valence-electron chi connectivity index (χ3n) is 3.23. The molecule has 1 aliphatic rings. The molecule has 18 heavy (non-hydrogen) atoms. The van der Waals surface area contributed by atoms with Crippen LogP contribution >= 0.6 is 12.4 Å². The second-order valence-corrected chi connectivity index (χ2v) is 4.28. The highest BCUT2D eigenvalue weighted by Crippen LogP contribution is 2.26. The Morgan fingerprint density at radius 3 is 2.67 bits per heavy atom. The Morgan fingerprint density at radius 2 is 2.17 bits per heavy atom. The van der Waals surface area contributed by atoms with Crippen LogP contribution in [-0.4, -0.2) is 32.3 Å². The number of hydrogen-bond acceptors (Lipinski definition) is 4. The lowest BCUT2D eigenvalue weighted by Gasteiger charge is -2.40. The molecule has 1 saturated heterocycles. The van der Waals surface area contributed by atoms with Gasteiger partial charge < -0.3 is 14.8 Å². The molecule has 0 spiro atoms. The van der Waals surface area contributed by atoms with Crippen molar-refractivity contribution in [2.24, 2.45) is 0 Å². The molecule has 1 unspecified atom stereocenters. The summed E-state index contributed by atoms with van der Waals surface area (Å²) in [5.41, 5.74) is 0.531. The summed E-state index contributed by atoms with van der Waals surface area (Å²) in [5, 5.41) is 3.18. The number of halogens is 1. The maximum atomic E-state index is 11.8. The van der Waals surface area contributed by atoms with Crippen molar-refractivity contribution in [2.45, 2.75) is 18.4 Å². The Bertz CT molecular complexity index is 418. The average Bonchev–Trinajstić information content (AvgIpc) is 2.33. The van der Waals surface area contributed by atoms with Crippen LogP contribution in [0.3, 0.4) is 0 Å². The third kappa shape index (κ3) is 2.76. The van der Waals surface area contributed by atoms with Gasteiger partial charge in [0.05, 0.1) is 14.2 Å². The summed E-state index contributed by atoms with van der Waals surface area (Å²) in [6.07, 6.45) is 1.45. The number of carbonyl (C=O) groups excluding carboxylic acids is 1. The van der Waals surface area contributed by atoms with Gasteiger partial charge in [-0.1, -0.05) is 12.1 Å². The zero-order valence-electron chi connectivity index (χ0n) is 10.6. The first-order valence-electron chi connectivity index (χ1n) is 5.66. The summed E-state index contributed by atoms with van der Waals surface area (Å²) in [6.45, 7) is 0.860. The lowest BCUT2D eigenvalue weighted by atomic mass is 9.82. The molecule has 0 aromatic heterocycles. The van der Waals surface area contributed by atoms with Gasteiger partial charge in [-0.15, -0.1) is 12.4 Å². The smallest absolute Gasteiger partial charge is 0.326 e. The molecule has 1 aliphatic heterocycles.